The Labute approximate surface area is 131 Å². The molecule has 112 valence electrons. The van der Waals surface area contributed by atoms with Crippen molar-refractivity contribution in [2.45, 2.75) is 54.4 Å². The van der Waals surface area contributed by atoms with E-state index >= 15 is 0 Å². The number of carbonyl (C=O) groups is 1. The second-order valence-electron chi connectivity index (χ2n) is 7.06. The molecule has 1 aromatic carbocycles. The number of carbonyl (C=O) groups excluding carboxylic acids is 1. The Morgan fingerprint density at radius 2 is 1.90 bits per heavy atom. The minimum Gasteiger partial charge on any atom is -0.325 e. The highest BCUT2D eigenvalue weighted by molar-refractivity contribution is 9.10. The fourth-order valence-electron chi connectivity index (χ4n) is 2.70. The summed E-state index contributed by atoms with van der Waals surface area (Å²) in [6, 6.07) is 4.11. The van der Waals surface area contributed by atoms with Gasteiger partial charge in [0, 0.05) is 10.9 Å². The quantitative estimate of drug-likeness (QED) is 0.774. The second kappa shape index (κ2) is 6.75. The van der Waals surface area contributed by atoms with Gasteiger partial charge in [-0.15, -0.1) is 0 Å². The summed E-state index contributed by atoms with van der Waals surface area (Å²) in [5.41, 5.74) is 3.44. The van der Waals surface area contributed by atoms with Crippen LogP contribution in [-0.2, 0) is 4.79 Å². The summed E-state index contributed by atoms with van der Waals surface area (Å²) in [4.78, 5) is 12.2. The van der Waals surface area contributed by atoms with Crippen LogP contribution in [0.25, 0.3) is 0 Å². The van der Waals surface area contributed by atoms with Gasteiger partial charge in [0.2, 0.25) is 5.91 Å². The van der Waals surface area contributed by atoms with Gasteiger partial charge in [-0.3, -0.25) is 4.79 Å². The molecule has 0 spiro atoms. The molecule has 0 fully saturated rings. The number of rotatable bonds is 4. The average molecular weight is 340 g/mol. The first-order chi connectivity index (χ1) is 9.08. The van der Waals surface area contributed by atoms with Gasteiger partial charge in [0.15, 0.2) is 0 Å². The van der Waals surface area contributed by atoms with Crippen molar-refractivity contribution in [3.63, 3.8) is 0 Å². The van der Waals surface area contributed by atoms with Crippen molar-refractivity contribution >= 4 is 27.5 Å². The molecule has 0 aromatic heterocycles. The van der Waals surface area contributed by atoms with E-state index in [-0.39, 0.29) is 11.3 Å². The highest BCUT2D eigenvalue weighted by Crippen LogP contribution is 2.29. The molecule has 1 unspecified atom stereocenters. The average Bonchev–Trinajstić information content (AvgIpc) is 2.20. The van der Waals surface area contributed by atoms with Gasteiger partial charge in [-0.05, 0) is 64.7 Å². The molecule has 0 aliphatic heterocycles. The molecule has 0 aliphatic carbocycles. The first-order valence-corrected chi connectivity index (χ1v) is 7.94. The lowest BCUT2D eigenvalue weighted by Gasteiger charge is -2.23. The lowest BCUT2D eigenvalue weighted by Crippen LogP contribution is -2.19. The number of halogens is 1. The molecule has 0 saturated heterocycles. The van der Waals surface area contributed by atoms with Gasteiger partial charge in [-0.1, -0.05) is 33.8 Å². The summed E-state index contributed by atoms with van der Waals surface area (Å²) >= 11 is 3.53. The van der Waals surface area contributed by atoms with Crippen LogP contribution in [0.2, 0.25) is 0 Å². The van der Waals surface area contributed by atoms with Crippen LogP contribution < -0.4 is 5.32 Å². The summed E-state index contributed by atoms with van der Waals surface area (Å²) in [5.74, 6) is 0.480. The monoisotopic (exact) mass is 339 g/mol. The first-order valence-electron chi connectivity index (χ1n) is 7.15. The maximum atomic E-state index is 12.2. The largest absolute Gasteiger partial charge is 0.325 e. The molecule has 1 amide bonds. The zero-order valence-electron chi connectivity index (χ0n) is 13.4. The van der Waals surface area contributed by atoms with Crippen LogP contribution in [0.5, 0.6) is 0 Å². The molecule has 0 heterocycles. The minimum absolute atomic E-state index is 0.0920. The Balaban J connectivity index is 2.68. The number of anilines is 1. The normalized spacial score (nSPS) is 13.2. The molecular formula is C17H26BrNO. The van der Waals surface area contributed by atoms with Crippen LogP contribution in [0.15, 0.2) is 16.6 Å². The van der Waals surface area contributed by atoms with Gasteiger partial charge in [-0.25, -0.2) is 0 Å². The standard InChI is InChI=1S/C17H26BrNO/c1-11-7-13(3)16(14(18)8-11)19-15(20)9-12(2)10-17(4,5)6/h7-8,12H,9-10H2,1-6H3,(H,19,20). The molecule has 1 rings (SSSR count). The Morgan fingerprint density at radius 1 is 1.30 bits per heavy atom. The number of benzene rings is 1. The van der Waals surface area contributed by atoms with Crippen LogP contribution in [0, 0.1) is 25.2 Å². The number of nitrogens with one attached hydrogen (secondary N) is 1. The van der Waals surface area contributed by atoms with Crippen molar-refractivity contribution < 1.29 is 4.79 Å². The predicted octanol–water partition coefficient (Wildman–Crippen LogP) is 5.47. The third-order valence-corrected chi connectivity index (χ3v) is 3.82. The molecule has 0 aliphatic rings. The molecule has 0 saturated carbocycles. The van der Waals surface area contributed by atoms with E-state index in [1.54, 1.807) is 0 Å². The number of hydrogen-bond donors (Lipinski definition) is 1. The predicted molar refractivity (Wildman–Crippen MR) is 90.1 cm³/mol. The molecule has 2 nitrogen and oxygen atoms in total. The van der Waals surface area contributed by atoms with Gasteiger partial charge < -0.3 is 5.32 Å². The fraction of sp³-hybridized carbons (Fsp3) is 0.588. The molecule has 3 heteroatoms. The van der Waals surface area contributed by atoms with E-state index in [9.17, 15) is 4.79 Å². The van der Waals surface area contributed by atoms with E-state index in [2.05, 4.69) is 61.9 Å². The van der Waals surface area contributed by atoms with Crippen LogP contribution in [0.4, 0.5) is 5.69 Å². The van der Waals surface area contributed by atoms with Crippen LogP contribution in [0.3, 0.4) is 0 Å². The molecule has 20 heavy (non-hydrogen) atoms. The van der Waals surface area contributed by atoms with Gasteiger partial charge >= 0.3 is 0 Å². The molecule has 0 radical (unpaired) electrons. The van der Waals surface area contributed by atoms with Gasteiger partial charge in [-0.2, -0.15) is 0 Å². The highest BCUT2D eigenvalue weighted by Gasteiger charge is 2.18. The Kier molecular flexibility index (Phi) is 5.81. The first kappa shape index (κ1) is 17.2. The Bertz CT molecular complexity index is 465. The molecule has 0 bridgehead atoms. The van der Waals surface area contributed by atoms with Gasteiger partial charge in [0.05, 0.1) is 5.69 Å². The third-order valence-electron chi connectivity index (χ3n) is 3.19. The van der Waals surface area contributed by atoms with E-state index in [0.29, 0.717) is 12.3 Å². The van der Waals surface area contributed by atoms with Crippen molar-refractivity contribution in [3.8, 4) is 0 Å². The van der Waals surface area contributed by atoms with Crippen LogP contribution in [0.1, 0.15) is 51.7 Å². The van der Waals surface area contributed by atoms with Gasteiger partial charge in [0.1, 0.15) is 0 Å². The zero-order chi connectivity index (χ0) is 15.5. The summed E-state index contributed by atoms with van der Waals surface area (Å²) in [6.07, 6.45) is 1.62. The zero-order valence-corrected chi connectivity index (χ0v) is 15.0. The third kappa shape index (κ3) is 5.66. The van der Waals surface area contributed by atoms with Crippen molar-refractivity contribution in [1.29, 1.82) is 0 Å². The molecule has 1 aromatic rings. The minimum atomic E-state index is 0.0920. The molecular weight excluding hydrogens is 314 g/mol. The van der Waals surface area contributed by atoms with Crippen LogP contribution >= 0.6 is 15.9 Å². The lowest BCUT2D eigenvalue weighted by atomic mass is 9.84. The van der Waals surface area contributed by atoms with Crippen LogP contribution in [-0.4, -0.2) is 5.91 Å². The lowest BCUT2D eigenvalue weighted by molar-refractivity contribution is -0.117. The summed E-state index contributed by atoms with van der Waals surface area (Å²) in [5, 5.41) is 3.04. The number of amides is 1. The molecule has 1 N–H and O–H groups in total. The van der Waals surface area contributed by atoms with Gasteiger partial charge in [0.25, 0.3) is 0 Å². The smallest absolute Gasteiger partial charge is 0.224 e. The second-order valence-corrected chi connectivity index (χ2v) is 7.92. The van der Waals surface area contributed by atoms with Crippen molar-refractivity contribution in [3.05, 3.63) is 27.7 Å². The summed E-state index contributed by atoms with van der Waals surface area (Å²) in [7, 11) is 0. The van der Waals surface area contributed by atoms with E-state index in [1.165, 1.54) is 5.56 Å². The SMILES string of the molecule is Cc1cc(C)c(NC(=O)CC(C)CC(C)(C)C)c(Br)c1. The summed E-state index contributed by atoms with van der Waals surface area (Å²) < 4.78 is 0.951. The van der Waals surface area contributed by atoms with E-state index in [0.717, 1.165) is 22.1 Å². The topological polar surface area (TPSA) is 29.1 Å². The number of hydrogen-bond acceptors (Lipinski definition) is 1. The van der Waals surface area contributed by atoms with E-state index in [4.69, 9.17) is 0 Å². The number of aryl methyl sites for hydroxylation is 2. The maximum absolute atomic E-state index is 12.2. The van der Waals surface area contributed by atoms with Crippen molar-refractivity contribution in [2.75, 3.05) is 5.32 Å². The Morgan fingerprint density at radius 3 is 2.40 bits per heavy atom. The fourth-order valence-corrected chi connectivity index (χ4v) is 3.47. The maximum Gasteiger partial charge on any atom is 0.224 e. The summed E-state index contributed by atoms with van der Waals surface area (Å²) in [6.45, 7) is 12.8. The van der Waals surface area contributed by atoms with Crippen molar-refractivity contribution in [1.82, 2.24) is 0 Å². The molecule has 1 atom stereocenters. The van der Waals surface area contributed by atoms with E-state index < -0.39 is 0 Å². The van der Waals surface area contributed by atoms with Crippen molar-refractivity contribution in [2.24, 2.45) is 11.3 Å². The Hall–Kier alpha value is -0.830. The highest BCUT2D eigenvalue weighted by atomic mass is 79.9. The van der Waals surface area contributed by atoms with E-state index in [1.807, 2.05) is 13.0 Å².